The van der Waals surface area contributed by atoms with Crippen molar-refractivity contribution in [1.29, 1.82) is 0 Å². The van der Waals surface area contributed by atoms with Crippen molar-refractivity contribution < 1.29 is 22.7 Å². The van der Waals surface area contributed by atoms with E-state index in [0.29, 0.717) is 11.3 Å². The summed E-state index contributed by atoms with van der Waals surface area (Å²) < 4.78 is 28.7. The zero-order valence-corrected chi connectivity index (χ0v) is 14.8. The first-order valence-electron chi connectivity index (χ1n) is 7.55. The molecule has 0 aliphatic carbocycles. The van der Waals surface area contributed by atoms with Crippen molar-refractivity contribution in [3.8, 4) is 17.1 Å². The summed E-state index contributed by atoms with van der Waals surface area (Å²) in [6.07, 6.45) is 1.09. The number of carbonyl (C=O) groups excluding carboxylic acids is 1. The number of benzene rings is 2. The smallest absolute Gasteiger partial charge is 0.235 e. The first-order valence-corrected chi connectivity index (χ1v) is 9.44. The van der Waals surface area contributed by atoms with Gasteiger partial charge in [-0.2, -0.15) is 0 Å². The molecule has 0 radical (unpaired) electrons. The fourth-order valence-corrected chi connectivity index (χ4v) is 3.15. The molecule has 0 fully saturated rings. The van der Waals surface area contributed by atoms with Gasteiger partial charge in [0.1, 0.15) is 5.58 Å². The molecule has 1 amide bonds. The van der Waals surface area contributed by atoms with Crippen molar-refractivity contribution >= 4 is 32.4 Å². The molecule has 3 aromatic rings. The van der Waals surface area contributed by atoms with Crippen LogP contribution in [0.4, 0.5) is 5.69 Å². The summed E-state index contributed by atoms with van der Waals surface area (Å²) in [5, 5.41) is 12.9. The van der Waals surface area contributed by atoms with E-state index in [1.54, 1.807) is 6.07 Å². The second kappa shape index (κ2) is 6.30. The molecule has 7 nitrogen and oxygen atoms in total. The van der Waals surface area contributed by atoms with Crippen LogP contribution in [-0.2, 0) is 14.6 Å². The summed E-state index contributed by atoms with van der Waals surface area (Å²) in [7, 11) is -3.36. The SMILES string of the molecule is CC(=O)Nc1ccc2oc(-c3ccc(S(C)(=O)=O)cc3)c(O)c(=O)c2c1. The van der Waals surface area contributed by atoms with Gasteiger partial charge in [-0.1, -0.05) is 0 Å². The van der Waals surface area contributed by atoms with Gasteiger partial charge >= 0.3 is 0 Å². The Morgan fingerprint density at radius 2 is 1.77 bits per heavy atom. The Bertz CT molecular complexity index is 1180. The lowest BCUT2D eigenvalue weighted by Gasteiger charge is -2.08. The van der Waals surface area contributed by atoms with E-state index in [4.69, 9.17) is 4.42 Å². The summed E-state index contributed by atoms with van der Waals surface area (Å²) >= 11 is 0. The molecular formula is C18H15NO6S. The van der Waals surface area contributed by atoms with Crippen LogP contribution in [0.15, 0.2) is 56.6 Å². The van der Waals surface area contributed by atoms with Crippen LogP contribution in [0.25, 0.3) is 22.3 Å². The highest BCUT2D eigenvalue weighted by molar-refractivity contribution is 7.90. The molecule has 26 heavy (non-hydrogen) atoms. The van der Waals surface area contributed by atoms with Crippen LogP contribution < -0.4 is 10.7 Å². The van der Waals surface area contributed by atoms with E-state index < -0.39 is 21.0 Å². The van der Waals surface area contributed by atoms with Gasteiger partial charge in [-0.25, -0.2) is 8.42 Å². The molecule has 1 heterocycles. The standard InChI is InChI=1S/C18H15NO6S/c1-10(20)19-12-5-8-15-14(9-12)16(21)17(22)18(25-15)11-3-6-13(7-4-11)26(2,23)24/h3-9,22H,1-2H3,(H,19,20). The van der Waals surface area contributed by atoms with Crippen LogP contribution in [-0.4, -0.2) is 25.7 Å². The predicted octanol–water partition coefficient (Wildman–Crippen LogP) is 2.53. The van der Waals surface area contributed by atoms with Crippen LogP contribution in [0.1, 0.15) is 6.92 Å². The maximum atomic E-state index is 12.5. The molecule has 0 unspecified atom stereocenters. The van der Waals surface area contributed by atoms with Crippen molar-refractivity contribution in [2.75, 3.05) is 11.6 Å². The first kappa shape index (κ1) is 17.7. The molecule has 2 aromatic carbocycles. The van der Waals surface area contributed by atoms with Gasteiger partial charge in [0.05, 0.1) is 10.3 Å². The highest BCUT2D eigenvalue weighted by Crippen LogP contribution is 2.31. The van der Waals surface area contributed by atoms with Gasteiger partial charge < -0.3 is 14.8 Å². The largest absolute Gasteiger partial charge is 0.502 e. The number of amides is 1. The molecule has 134 valence electrons. The lowest BCUT2D eigenvalue weighted by molar-refractivity contribution is -0.114. The fourth-order valence-electron chi connectivity index (χ4n) is 2.52. The summed E-state index contributed by atoms with van der Waals surface area (Å²) in [5.41, 5.74) is 0.339. The van der Waals surface area contributed by atoms with Gasteiger partial charge in [0.25, 0.3) is 0 Å². The van der Waals surface area contributed by atoms with Crippen molar-refractivity contribution in [2.24, 2.45) is 0 Å². The predicted molar refractivity (Wildman–Crippen MR) is 97.0 cm³/mol. The van der Waals surface area contributed by atoms with E-state index in [-0.39, 0.29) is 27.5 Å². The van der Waals surface area contributed by atoms with Crippen LogP contribution in [0.2, 0.25) is 0 Å². The number of sulfone groups is 1. The Kier molecular flexibility index (Phi) is 4.29. The van der Waals surface area contributed by atoms with E-state index in [9.17, 15) is 23.1 Å². The Balaban J connectivity index is 2.14. The Labute approximate surface area is 148 Å². The summed E-state index contributed by atoms with van der Waals surface area (Å²) in [6, 6.07) is 10.1. The third-order valence-corrected chi connectivity index (χ3v) is 4.86. The molecule has 0 saturated heterocycles. The number of nitrogens with one attached hydrogen (secondary N) is 1. The Morgan fingerprint density at radius 1 is 1.12 bits per heavy atom. The minimum Gasteiger partial charge on any atom is -0.502 e. The molecule has 0 spiro atoms. The van der Waals surface area contributed by atoms with Crippen LogP contribution in [0.5, 0.6) is 5.75 Å². The summed E-state index contributed by atoms with van der Waals surface area (Å²) in [4.78, 5) is 23.7. The minimum atomic E-state index is -3.36. The molecule has 8 heteroatoms. The Morgan fingerprint density at radius 3 is 2.35 bits per heavy atom. The van der Waals surface area contributed by atoms with E-state index in [1.807, 2.05) is 0 Å². The zero-order valence-electron chi connectivity index (χ0n) is 13.9. The maximum absolute atomic E-state index is 12.5. The van der Waals surface area contributed by atoms with Gasteiger partial charge in [-0.3, -0.25) is 9.59 Å². The van der Waals surface area contributed by atoms with Gasteiger partial charge in [0.15, 0.2) is 15.6 Å². The van der Waals surface area contributed by atoms with Crippen LogP contribution >= 0.6 is 0 Å². The molecule has 0 aliphatic rings. The normalized spacial score (nSPS) is 11.5. The number of aromatic hydroxyl groups is 1. The molecule has 0 aliphatic heterocycles. The topological polar surface area (TPSA) is 114 Å². The van der Waals surface area contributed by atoms with Crippen molar-refractivity contribution in [2.45, 2.75) is 11.8 Å². The lowest BCUT2D eigenvalue weighted by Crippen LogP contribution is -2.07. The number of rotatable bonds is 3. The molecule has 2 N–H and O–H groups in total. The third kappa shape index (κ3) is 3.31. The monoisotopic (exact) mass is 373 g/mol. The number of hydrogen-bond acceptors (Lipinski definition) is 6. The van der Waals surface area contributed by atoms with E-state index in [2.05, 4.69) is 5.32 Å². The second-order valence-electron chi connectivity index (χ2n) is 5.80. The van der Waals surface area contributed by atoms with Gasteiger partial charge in [0.2, 0.25) is 17.1 Å². The minimum absolute atomic E-state index is 0.0603. The number of anilines is 1. The lowest BCUT2D eigenvalue weighted by atomic mass is 10.1. The number of hydrogen-bond donors (Lipinski definition) is 2. The summed E-state index contributed by atoms with van der Waals surface area (Å²) in [5.74, 6) is -0.944. The molecule has 0 atom stereocenters. The van der Waals surface area contributed by atoms with E-state index in [0.717, 1.165) is 6.26 Å². The maximum Gasteiger partial charge on any atom is 0.235 e. The first-order chi connectivity index (χ1) is 12.2. The average molecular weight is 373 g/mol. The van der Waals surface area contributed by atoms with Crippen molar-refractivity contribution in [1.82, 2.24) is 0 Å². The van der Waals surface area contributed by atoms with Gasteiger partial charge in [-0.05, 0) is 42.5 Å². The molecular weight excluding hydrogens is 358 g/mol. The fraction of sp³-hybridized carbons (Fsp3) is 0.111. The van der Waals surface area contributed by atoms with Crippen molar-refractivity contribution in [3.05, 3.63) is 52.7 Å². The average Bonchev–Trinajstić information content (AvgIpc) is 2.57. The Hall–Kier alpha value is -3.13. The zero-order chi connectivity index (χ0) is 19.1. The number of fused-ring (bicyclic) bond motifs is 1. The molecule has 0 bridgehead atoms. The van der Waals surface area contributed by atoms with Gasteiger partial charge in [0, 0.05) is 24.4 Å². The van der Waals surface area contributed by atoms with E-state index >= 15 is 0 Å². The van der Waals surface area contributed by atoms with Crippen LogP contribution in [0.3, 0.4) is 0 Å². The highest BCUT2D eigenvalue weighted by atomic mass is 32.2. The second-order valence-corrected chi connectivity index (χ2v) is 7.81. The number of carbonyl (C=O) groups is 1. The van der Waals surface area contributed by atoms with Gasteiger partial charge in [-0.15, -0.1) is 0 Å². The molecule has 3 rings (SSSR count). The third-order valence-electron chi connectivity index (χ3n) is 3.73. The highest BCUT2D eigenvalue weighted by Gasteiger charge is 2.17. The molecule has 1 aromatic heterocycles. The molecule has 0 saturated carbocycles. The quantitative estimate of drug-likeness (QED) is 0.729. The van der Waals surface area contributed by atoms with Crippen LogP contribution in [0, 0.1) is 0 Å². The van der Waals surface area contributed by atoms with Crippen molar-refractivity contribution in [3.63, 3.8) is 0 Å². The summed E-state index contributed by atoms with van der Waals surface area (Å²) in [6.45, 7) is 1.34. The van der Waals surface area contributed by atoms with E-state index in [1.165, 1.54) is 43.3 Å².